The van der Waals surface area contributed by atoms with Crippen molar-refractivity contribution in [1.82, 2.24) is 10.2 Å². The van der Waals surface area contributed by atoms with Gasteiger partial charge in [0.15, 0.2) is 0 Å². The molecule has 0 bridgehead atoms. The SMILES string of the molecule is CC(=O)N(C(C)C)[C@H]1CCCC[C@H]1NC(=O)CCl. The van der Waals surface area contributed by atoms with Gasteiger partial charge in [-0.3, -0.25) is 9.59 Å². The molecule has 0 heterocycles. The molecular weight excluding hydrogens is 252 g/mol. The van der Waals surface area contributed by atoms with Crippen LogP contribution in [0.25, 0.3) is 0 Å². The Morgan fingerprint density at radius 1 is 1.33 bits per heavy atom. The average Bonchev–Trinajstić information content (AvgIpc) is 2.30. The predicted molar refractivity (Wildman–Crippen MR) is 72.6 cm³/mol. The van der Waals surface area contributed by atoms with Crippen LogP contribution in [0.2, 0.25) is 0 Å². The molecular formula is C13H23ClN2O2. The van der Waals surface area contributed by atoms with E-state index in [9.17, 15) is 9.59 Å². The molecule has 5 heteroatoms. The van der Waals surface area contributed by atoms with Gasteiger partial charge in [-0.2, -0.15) is 0 Å². The summed E-state index contributed by atoms with van der Waals surface area (Å²) in [5, 5.41) is 2.94. The molecule has 0 unspecified atom stereocenters. The molecule has 1 aliphatic rings. The summed E-state index contributed by atoms with van der Waals surface area (Å²) in [6.45, 7) is 5.61. The molecule has 18 heavy (non-hydrogen) atoms. The van der Waals surface area contributed by atoms with Crippen LogP contribution >= 0.6 is 11.6 Å². The molecule has 4 nitrogen and oxygen atoms in total. The van der Waals surface area contributed by atoms with Crippen LogP contribution in [-0.4, -0.2) is 40.7 Å². The van der Waals surface area contributed by atoms with Crippen molar-refractivity contribution in [3.05, 3.63) is 0 Å². The van der Waals surface area contributed by atoms with Crippen LogP contribution in [0.5, 0.6) is 0 Å². The van der Waals surface area contributed by atoms with E-state index < -0.39 is 0 Å². The Kier molecular flexibility index (Phi) is 5.93. The van der Waals surface area contributed by atoms with Gasteiger partial charge in [-0.15, -0.1) is 11.6 Å². The first-order valence-corrected chi connectivity index (χ1v) is 7.15. The van der Waals surface area contributed by atoms with Crippen LogP contribution < -0.4 is 5.32 Å². The Morgan fingerprint density at radius 3 is 2.44 bits per heavy atom. The zero-order chi connectivity index (χ0) is 13.7. The van der Waals surface area contributed by atoms with E-state index in [0.29, 0.717) is 0 Å². The maximum Gasteiger partial charge on any atom is 0.235 e. The predicted octanol–water partition coefficient (Wildman–Crippen LogP) is 1.91. The fourth-order valence-electron chi connectivity index (χ4n) is 2.84. The molecule has 0 aliphatic heterocycles. The van der Waals surface area contributed by atoms with Crippen molar-refractivity contribution in [2.75, 3.05) is 5.88 Å². The maximum absolute atomic E-state index is 11.8. The number of nitrogens with one attached hydrogen (secondary N) is 1. The van der Waals surface area contributed by atoms with Gasteiger partial charge in [-0.25, -0.2) is 0 Å². The molecule has 1 saturated carbocycles. The molecule has 104 valence electrons. The number of halogens is 1. The van der Waals surface area contributed by atoms with Crippen LogP contribution in [0.15, 0.2) is 0 Å². The van der Waals surface area contributed by atoms with Crippen molar-refractivity contribution >= 4 is 23.4 Å². The number of nitrogens with zero attached hydrogens (tertiary/aromatic N) is 1. The van der Waals surface area contributed by atoms with Crippen molar-refractivity contribution in [1.29, 1.82) is 0 Å². The molecule has 2 amide bonds. The molecule has 1 N–H and O–H groups in total. The highest BCUT2D eigenvalue weighted by atomic mass is 35.5. The first-order chi connectivity index (χ1) is 8.47. The summed E-state index contributed by atoms with van der Waals surface area (Å²) >= 11 is 5.53. The Hall–Kier alpha value is -0.770. The quantitative estimate of drug-likeness (QED) is 0.796. The van der Waals surface area contributed by atoms with Crippen molar-refractivity contribution in [2.45, 2.75) is 64.6 Å². The number of alkyl halides is 1. The minimum atomic E-state index is -0.152. The number of carbonyl (C=O) groups excluding carboxylic acids is 2. The summed E-state index contributed by atoms with van der Waals surface area (Å²) in [5.41, 5.74) is 0. The van der Waals surface area contributed by atoms with Gasteiger partial charge in [0, 0.05) is 19.0 Å². The van der Waals surface area contributed by atoms with E-state index in [-0.39, 0.29) is 35.8 Å². The number of rotatable bonds is 4. The smallest absolute Gasteiger partial charge is 0.235 e. The highest BCUT2D eigenvalue weighted by molar-refractivity contribution is 6.27. The Labute approximate surface area is 114 Å². The highest BCUT2D eigenvalue weighted by Gasteiger charge is 2.33. The number of carbonyl (C=O) groups is 2. The first-order valence-electron chi connectivity index (χ1n) is 6.61. The van der Waals surface area contributed by atoms with Crippen molar-refractivity contribution < 1.29 is 9.59 Å². The zero-order valence-corrected chi connectivity index (χ0v) is 12.2. The molecule has 0 radical (unpaired) electrons. The lowest BCUT2D eigenvalue weighted by Crippen LogP contribution is -2.56. The summed E-state index contributed by atoms with van der Waals surface area (Å²) < 4.78 is 0. The monoisotopic (exact) mass is 274 g/mol. The van der Waals surface area contributed by atoms with Gasteiger partial charge in [0.05, 0.1) is 6.04 Å². The van der Waals surface area contributed by atoms with Gasteiger partial charge in [0.25, 0.3) is 0 Å². The maximum atomic E-state index is 11.8. The van der Waals surface area contributed by atoms with Gasteiger partial charge in [-0.05, 0) is 26.7 Å². The van der Waals surface area contributed by atoms with E-state index in [1.165, 1.54) is 0 Å². The standard InChI is InChI=1S/C13H23ClN2O2/c1-9(2)16(10(3)17)12-7-5-4-6-11(12)15-13(18)8-14/h9,11-12H,4-8H2,1-3H3,(H,15,18)/t11-,12+/m1/s1. The molecule has 0 aromatic rings. The van der Waals surface area contributed by atoms with E-state index in [2.05, 4.69) is 5.32 Å². The van der Waals surface area contributed by atoms with Gasteiger partial charge >= 0.3 is 0 Å². The van der Waals surface area contributed by atoms with Crippen molar-refractivity contribution in [3.8, 4) is 0 Å². The van der Waals surface area contributed by atoms with Crippen LogP contribution in [0.1, 0.15) is 46.5 Å². The first kappa shape index (κ1) is 15.3. The molecule has 0 aromatic carbocycles. The van der Waals surface area contributed by atoms with E-state index in [1.54, 1.807) is 6.92 Å². The Bertz CT molecular complexity index is 307. The van der Waals surface area contributed by atoms with Crippen molar-refractivity contribution in [2.24, 2.45) is 0 Å². The normalized spacial score (nSPS) is 23.8. The summed E-state index contributed by atoms with van der Waals surface area (Å²) in [7, 11) is 0. The highest BCUT2D eigenvalue weighted by Crippen LogP contribution is 2.25. The van der Waals surface area contributed by atoms with Gasteiger partial charge < -0.3 is 10.2 Å². The second-order valence-electron chi connectivity index (χ2n) is 5.18. The summed E-state index contributed by atoms with van der Waals surface area (Å²) in [6.07, 6.45) is 4.07. The molecule has 2 atom stereocenters. The minimum Gasteiger partial charge on any atom is -0.350 e. The summed E-state index contributed by atoms with van der Waals surface area (Å²) in [5.74, 6) is -0.104. The number of amides is 2. The second kappa shape index (κ2) is 6.98. The van der Waals surface area contributed by atoms with E-state index in [1.807, 2.05) is 18.7 Å². The lowest BCUT2D eigenvalue weighted by molar-refractivity contribution is -0.135. The molecule has 1 fully saturated rings. The zero-order valence-electron chi connectivity index (χ0n) is 11.4. The third-order valence-corrected chi connectivity index (χ3v) is 3.72. The fraction of sp³-hybridized carbons (Fsp3) is 0.846. The molecule has 0 aromatic heterocycles. The van der Waals surface area contributed by atoms with E-state index >= 15 is 0 Å². The minimum absolute atomic E-state index is 0.0228. The Balaban J connectivity index is 2.79. The third kappa shape index (κ3) is 3.87. The van der Waals surface area contributed by atoms with Gasteiger partial charge in [-0.1, -0.05) is 12.8 Å². The average molecular weight is 275 g/mol. The second-order valence-corrected chi connectivity index (χ2v) is 5.45. The van der Waals surface area contributed by atoms with Crippen LogP contribution in [-0.2, 0) is 9.59 Å². The fourth-order valence-corrected chi connectivity index (χ4v) is 2.92. The molecule has 1 aliphatic carbocycles. The number of hydrogen-bond acceptors (Lipinski definition) is 2. The topological polar surface area (TPSA) is 49.4 Å². The number of hydrogen-bond donors (Lipinski definition) is 1. The van der Waals surface area contributed by atoms with Crippen LogP contribution in [0, 0.1) is 0 Å². The lowest BCUT2D eigenvalue weighted by atomic mass is 9.88. The molecule has 1 rings (SSSR count). The van der Waals surface area contributed by atoms with E-state index in [4.69, 9.17) is 11.6 Å². The largest absolute Gasteiger partial charge is 0.350 e. The third-order valence-electron chi connectivity index (χ3n) is 3.47. The van der Waals surface area contributed by atoms with Crippen molar-refractivity contribution in [3.63, 3.8) is 0 Å². The summed E-state index contributed by atoms with van der Waals surface area (Å²) in [4.78, 5) is 25.1. The summed E-state index contributed by atoms with van der Waals surface area (Å²) in [6, 6.07) is 0.292. The van der Waals surface area contributed by atoms with E-state index in [0.717, 1.165) is 25.7 Å². The van der Waals surface area contributed by atoms with Gasteiger partial charge in [0.2, 0.25) is 11.8 Å². The lowest BCUT2D eigenvalue weighted by Gasteiger charge is -2.42. The Morgan fingerprint density at radius 2 is 1.94 bits per heavy atom. The van der Waals surface area contributed by atoms with Crippen LogP contribution in [0.3, 0.4) is 0 Å². The van der Waals surface area contributed by atoms with Crippen LogP contribution in [0.4, 0.5) is 0 Å². The van der Waals surface area contributed by atoms with Gasteiger partial charge in [0.1, 0.15) is 5.88 Å². The molecule has 0 saturated heterocycles. The molecule has 0 spiro atoms.